The molecule has 0 radical (unpaired) electrons. The van der Waals surface area contributed by atoms with Gasteiger partial charge in [-0.15, -0.1) is 0 Å². The number of hydrogen-bond acceptors (Lipinski definition) is 2. The second-order valence-corrected chi connectivity index (χ2v) is 5.54. The van der Waals surface area contributed by atoms with Gasteiger partial charge in [0, 0.05) is 13.1 Å². The van der Waals surface area contributed by atoms with Crippen LogP contribution in [-0.2, 0) is 11.2 Å². The van der Waals surface area contributed by atoms with E-state index in [1.807, 2.05) is 4.90 Å². The molecular formula is C16H24N2O. The topological polar surface area (TPSA) is 32.3 Å². The molecule has 19 heavy (non-hydrogen) atoms. The fourth-order valence-electron chi connectivity index (χ4n) is 2.91. The van der Waals surface area contributed by atoms with E-state index in [-0.39, 0.29) is 5.91 Å². The van der Waals surface area contributed by atoms with Crippen LogP contribution in [0.1, 0.15) is 28.7 Å². The van der Waals surface area contributed by atoms with Gasteiger partial charge in [0.25, 0.3) is 0 Å². The molecule has 0 aromatic heterocycles. The lowest BCUT2D eigenvalue weighted by molar-refractivity contribution is -0.129. The zero-order valence-corrected chi connectivity index (χ0v) is 12.3. The monoisotopic (exact) mass is 260 g/mol. The molecular weight excluding hydrogens is 236 g/mol. The highest BCUT2D eigenvalue weighted by atomic mass is 16.2. The van der Waals surface area contributed by atoms with Crippen LogP contribution < -0.4 is 5.32 Å². The van der Waals surface area contributed by atoms with E-state index in [4.69, 9.17) is 0 Å². The molecule has 1 N–H and O–H groups in total. The summed E-state index contributed by atoms with van der Waals surface area (Å²) in [5, 5.41) is 3.16. The average molecular weight is 260 g/mol. The predicted octanol–water partition coefficient (Wildman–Crippen LogP) is 1.98. The lowest BCUT2D eigenvalue weighted by Crippen LogP contribution is -2.36. The van der Waals surface area contributed by atoms with Gasteiger partial charge in [0.15, 0.2) is 0 Å². The zero-order chi connectivity index (χ0) is 13.8. The number of aryl methyl sites for hydroxylation is 3. The third-order valence-corrected chi connectivity index (χ3v) is 3.88. The van der Waals surface area contributed by atoms with Gasteiger partial charge in [-0.25, -0.2) is 0 Å². The van der Waals surface area contributed by atoms with E-state index in [0.717, 1.165) is 32.5 Å². The Hall–Kier alpha value is -1.35. The molecule has 1 aliphatic heterocycles. The number of carbonyl (C=O) groups is 1. The predicted molar refractivity (Wildman–Crippen MR) is 78.4 cm³/mol. The van der Waals surface area contributed by atoms with Crippen LogP contribution in [0.4, 0.5) is 0 Å². The van der Waals surface area contributed by atoms with Gasteiger partial charge in [-0.3, -0.25) is 4.79 Å². The normalized spacial score (nSPS) is 16.6. The Morgan fingerprint density at radius 1 is 1.21 bits per heavy atom. The molecule has 0 spiro atoms. The number of amides is 1. The maximum absolute atomic E-state index is 11.9. The minimum atomic E-state index is 0.236. The summed E-state index contributed by atoms with van der Waals surface area (Å²) < 4.78 is 0. The number of nitrogens with one attached hydrogen (secondary N) is 1. The van der Waals surface area contributed by atoms with Crippen LogP contribution in [0.3, 0.4) is 0 Å². The standard InChI is InChI=1S/C16H24N2O/c1-12-9-13(2)15(14(3)10-12)5-8-18-7-4-6-17-11-16(18)19/h9-10,17H,4-8,11H2,1-3H3. The minimum absolute atomic E-state index is 0.236. The highest BCUT2D eigenvalue weighted by molar-refractivity contribution is 5.78. The molecule has 1 saturated heterocycles. The second-order valence-electron chi connectivity index (χ2n) is 5.54. The molecule has 104 valence electrons. The van der Waals surface area contributed by atoms with Crippen LogP contribution in [0, 0.1) is 20.8 Å². The van der Waals surface area contributed by atoms with E-state index in [0.29, 0.717) is 6.54 Å². The van der Waals surface area contributed by atoms with Crippen molar-refractivity contribution >= 4 is 5.91 Å². The van der Waals surface area contributed by atoms with E-state index >= 15 is 0 Å². The SMILES string of the molecule is Cc1cc(C)c(CCN2CCCNCC2=O)c(C)c1. The van der Waals surface area contributed by atoms with Crippen molar-refractivity contribution in [2.24, 2.45) is 0 Å². The molecule has 0 aliphatic carbocycles. The lowest BCUT2D eigenvalue weighted by atomic mass is 9.97. The minimum Gasteiger partial charge on any atom is -0.341 e. The summed E-state index contributed by atoms with van der Waals surface area (Å²) in [6.07, 6.45) is 2.02. The van der Waals surface area contributed by atoms with Crippen molar-refractivity contribution in [3.05, 3.63) is 34.4 Å². The first-order valence-corrected chi connectivity index (χ1v) is 7.13. The van der Waals surface area contributed by atoms with Crippen molar-refractivity contribution in [3.63, 3.8) is 0 Å². The molecule has 1 aromatic rings. The first-order valence-electron chi connectivity index (χ1n) is 7.13. The number of carbonyl (C=O) groups excluding carboxylic acids is 1. The molecule has 1 heterocycles. The Balaban J connectivity index is 2.04. The lowest BCUT2D eigenvalue weighted by Gasteiger charge is -2.21. The van der Waals surface area contributed by atoms with Gasteiger partial charge in [0.1, 0.15) is 0 Å². The molecule has 1 aromatic carbocycles. The zero-order valence-electron chi connectivity index (χ0n) is 12.3. The fourth-order valence-corrected chi connectivity index (χ4v) is 2.91. The van der Waals surface area contributed by atoms with E-state index in [1.54, 1.807) is 0 Å². The molecule has 0 saturated carbocycles. The van der Waals surface area contributed by atoms with Gasteiger partial charge < -0.3 is 10.2 Å². The van der Waals surface area contributed by atoms with Crippen LogP contribution in [0.25, 0.3) is 0 Å². The summed E-state index contributed by atoms with van der Waals surface area (Å²) in [5.41, 5.74) is 5.40. The fraction of sp³-hybridized carbons (Fsp3) is 0.562. The van der Waals surface area contributed by atoms with Gasteiger partial charge in [-0.1, -0.05) is 17.7 Å². The van der Waals surface area contributed by atoms with Crippen molar-refractivity contribution in [1.29, 1.82) is 0 Å². The van der Waals surface area contributed by atoms with Crippen LogP contribution in [0.5, 0.6) is 0 Å². The first-order chi connectivity index (χ1) is 9.08. The molecule has 1 amide bonds. The van der Waals surface area contributed by atoms with Crippen LogP contribution >= 0.6 is 0 Å². The maximum atomic E-state index is 11.9. The van der Waals surface area contributed by atoms with Crippen LogP contribution in [-0.4, -0.2) is 37.0 Å². The Bertz CT molecular complexity index is 445. The first kappa shape index (κ1) is 14.1. The third-order valence-electron chi connectivity index (χ3n) is 3.88. The number of hydrogen-bond donors (Lipinski definition) is 1. The largest absolute Gasteiger partial charge is 0.341 e. The van der Waals surface area contributed by atoms with Crippen LogP contribution in [0.2, 0.25) is 0 Å². The van der Waals surface area contributed by atoms with Crippen molar-refractivity contribution in [3.8, 4) is 0 Å². The average Bonchev–Trinajstić information content (AvgIpc) is 2.53. The maximum Gasteiger partial charge on any atom is 0.236 e. The smallest absolute Gasteiger partial charge is 0.236 e. The summed E-state index contributed by atoms with van der Waals surface area (Å²) in [6, 6.07) is 4.46. The van der Waals surface area contributed by atoms with Crippen LogP contribution in [0.15, 0.2) is 12.1 Å². The summed E-state index contributed by atoms with van der Waals surface area (Å²) in [5.74, 6) is 0.236. The molecule has 1 fully saturated rings. The quantitative estimate of drug-likeness (QED) is 0.901. The molecule has 1 aliphatic rings. The highest BCUT2D eigenvalue weighted by Crippen LogP contribution is 2.17. The van der Waals surface area contributed by atoms with Gasteiger partial charge in [-0.2, -0.15) is 0 Å². The third kappa shape index (κ3) is 3.57. The van der Waals surface area contributed by atoms with E-state index in [2.05, 4.69) is 38.2 Å². The van der Waals surface area contributed by atoms with Crippen molar-refractivity contribution in [2.45, 2.75) is 33.6 Å². The molecule has 0 bridgehead atoms. The summed E-state index contributed by atoms with van der Waals surface area (Å²) in [7, 11) is 0. The van der Waals surface area contributed by atoms with E-state index < -0.39 is 0 Å². The van der Waals surface area contributed by atoms with Gasteiger partial charge in [0.05, 0.1) is 6.54 Å². The number of nitrogens with zero attached hydrogens (tertiary/aromatic N) is 1. The Morgan fingerprint density at radius 2 is 1.89 bits per heavy atom. The summed E-state index contributed by atoms with van der Waals surface area (Å²) >= 11 is 0. The Morgan fingerprint density at radius 3 is 2.58 bits per heavy atom. The molecule has 3 heteroatoms. The molecule has 0 atom stereocenters. The second kappa shape index (κ2) is 6.20. The van der Waals surface area contributed by atoms with Gasteiger partial charge >= 0.3 is 0 Å². The summed E-state index contributed by atoms with van der Waals surface area (Å²) in [6.45, 7) is 9.63. The molecule has 2 rings (SSSR count). The van der Waals surface area contributed by atoms with Gasteiger partial charge in [-0.05, 0) is 56.8 Å². The van der Waals surface area contributed by atoms with Crippen molar-refractivity contribution in [2.75, 3.05) is 26.2 Å². The van der Waals surface area contributed by atoms with Crippen molar-refractivity contribution in [1.82, 2.24) is 10.2 Å². The molecule has 0 unspecified atom stereocenters. The number of rotatable bonds is 3. The van der Waals surface area contributed by atoms with Gasteiger partial charge in [0.2, 0.25) is 5.91 Å². The van der Waals surface area contributed by atoms with E-state index in [1.165, 1.54) is 22.3 Å². The van der Waals surface area contributed by atoms with Crippen molar-refractivity contribution < 1.29 is 4.79 Å². The summed E-state index contributed by atoms with van der Waals surface area (Å²) in [4.78, 5) is 13.9. The molecule has 3 nitrogen and oxygen atoms in total. The Kier molecular flexibility index (Phi) is 4.59. The number of benzene rings is 1. The van der Waals surface area contributed by atoms with E-state index in [9.17, 15) is 4.79 Å². The highest BCUT2D eigenvalue weighted by Gasteiger charge is 2.16. The Labute approximate surface area is 116 Å².